The normalized spacial score (nSPS) is 19.1. The molecule has 0 aromatic carbocycles. The summed E-state index contributed by atoms with van der Waals surface area (Å²) in [5.74, 6) is 0.925. The molecule has 0 heterocycles. The summed E-state index contributed by atoms with van der Waals surface area (Å²) in [4.78, 5) is 0. The van der Waals surface area contributed by atoms with Crippen LogP contribution < -0.4 is 5.32 Å². The van der Waals surface area contributed by atoms with Gasteiger partial charge in [-0.15, -0.1) is 0 Å². The Morgan fingerprint density at radius 2 is 2.20 bits per heavy atom. The van der Waals surface area contributed by atoms with Crippen molar-refractivity contribution in [3.63, 3.8) is 0 Å². The molecule has 0 unspecified atom stereocenters. The molecule has 0 aromatic rings. The molecule has 0 saturated heterocycles. The molecule has 1 nitrogen and oxygen atoms in total. The summed E-state index contributed by atoms with van der Waals surface area (Å²) in [6, 6.07) is 0.615. The predicted molar refractivity (Wildman–Crippen MR) is 45.0 cm³/mol. The van der Waals surface area contributed by atoms with Gasteiger partial charge in [0.2, 0.25) is 0 Å². The standard InChI is InChI=1S/C9H17N/c1-8(2)10-7-3-4-9-5-6-9/h3-4,8-10H,5-7H2,1-2H3. The van der Waals surface area contributed by atoms with Crippen LogP contribution in [0, 0.1) is 5.92 Å². The minimum atomic E-state index is 0.615. The molecule has 0 bridgehead atoms. The Labute approximate surface area is 63.5 Å². The van der Waals surface area contributed by atoms with E-state index in [0.29, 0.717) is 6.04 Å². The highest BCUT2D eigenvalue weighted by atomic mass is 14.9. The van der Waals surface area contributed by atoms with Crippen molar-refractivity contribution in [3.05, 3.63) is 12.2 Å². The first-order chi connectivity index (χ1) is 4.79. The summed E-state index contributed by atoms with van der Waals surface area (Å²) in [7, 11) is 0. The minimum Gasteiger partial charge on any atom is -0.311 e. The Bertz CT molecular complexity index is 112. The van der Waals surface area contributed by atoms with Crippen molar-refractivity contribution in [2.45, 2.75) is 32.7 Å². The Morgan fingerprint density at radius 1 is 1.50 bits per heavy atom. The van der Waals surface area contributed by atoms with Gasteiger partial charge in [-0.3, -0.25) is 0 Å². The van der Waals surface area contributed by atoms with Gasteiger partial charge in [-0.25, -0.2) is 0 Å². The minimum absolute atomic E-state index is 0.615. The molecule has 0 aliphatic heterocycles. The smallest absolute Gasteiger partial charge is 0.0137 e. The van der Waals surface area contributed by atoms with Crippen molar-refractivity contribution in [2.24, 2.45) is 5.92 Å². The van der Waals surface area contributed by atoms with Gasteiger partial charge < -0.3 is 5.32 Å². The Kier molecular flexibility index (Phi) is 2.94. The summed E-state index contributed by atoms with van der Waals surface area (Å²) in [5, 5.41) is 3.34. The van der Waals surface area contributed by atoms with E-state index in [0.717, 1.165) is 12.5 Å². The van der Waals surface area contributed by atoms with E-state index in [4.69, 9.17) is 0 Å². The molecule has 0 amide bonds. The highest BCUT2D eigenvalue weighted by Crippen LogP contribution is 2.29. The van der Waals surface area contributed by atoms with E-state index in [1.807, 2.05) is 0 Å². The largest absolute Gasteiger partial charge is 0.311 e. The zero-order valence-electron chi connectivity index (χ0n) is 6.93. The van der Waals surface area contributed by atoms with Crippen LogP contribution in [0.5, 0.6) is 0 Å². The molecule has 0 aromatic heterocycles. The molecular weight excluding hydrogens is 122 g/mol. The second kappa shape index (κ2) is 3.77. The van der Waals surface area contributed by atoms with Crippen LogP contribution >= 0.6 is 0 Å². The summed E-state index contributed by atoms with van der Waals surface area (Å²) in [6.07, 6.45) is 7.41. The second-order valence-electron chi connectivity index (χ2n) is 3.33. The maximum absolute atomic E-state index is 3.34. The first kappa shape index (κ1) is 7.80. The van der Waals surface area contributed by atoms with Crippen molar-refractivity contribution in [2.75, 3.05) is 6.54 Å². The fourth-order valence-corrected chi connectivity index (χ4v) is 0.853. The molecule has 0 radical (unpaired) electrons. The van der Waals surface area contributed by atoms with E-state index in [1.54, 1.807) is 0 Å². The number of hydrogen-bond donors (Lipinski definition) is 1. The second-order valence-corrected chi connectivity index (χ2v) is 3.33. The SMILES string of the molecule is CC(C)NCC=CC1CC1. The Morgan fingerprint density at radius 3 is 2.70 bits per heavy atom. The fourth-order valence-electron chi connectivity index (χ4n) is 0.853. The zero-order valence-corrected chi connectivity index (χ0v) is 6.93. The third kappa shape index (κ3) is 3.67. The van der Waals surface area contributed by atoms with Crippen LogP contribution in [0.2, 0.25) is 0 Å². The van der Waals surface area contributed by atoms with Crippen LogP contribution in [-0.4, -0.2) is 12.6 Å². The van der Waals surface area contributed by atoms with Crippen molar-refractivity contribution < 1.29 is 0 Å². The number of rotatable bonds is 4. The molecule has 1 aliphatic rings. The van der Waals surface area contributed by atoms with Crippen LogP contribution in [0.1, 0.15) is 26.7 Å². The quantitative estimate of drug-likeness (QED) is 0.587. The average Bonchev–Trinajstić information content (AvgIpc) is 2.62. The van der Waals surface area contributed by atoms with Gasteiger partial charge in [-0.05, 0) is 18.8 Å². The molecule has 0 atom stereocenters. The van der Waals surface area contributed by atoms with Crippen LogP contribution in [-0.2, 0) is 0 Å². The van der Waals surface area contributed by atoms with Gasteiger partial charge in [-0.1, -0.05) is 26.0 Å². The lowest BCUT2D eigenvalue weighted by atomic mass is 10.3. The van der Waals surface area contributed by atoms with Crippen LogP contribution in [0.3, 0.4) is 0 Å². The average molecular weight is 139 g/mol. The zero-order chi connectivity index (χ0) is 7.40. The Hall–Kier alpha value is -0.300. The van der Waals surface area contributed by atoms with Gasteiger partial charge in [0, 0.05) is 12.6 Å². The van der Waals surface area contributed by atoms with E-state index >= 15 is 0 Å². The summed E-state index contributed by atoms with van der Waals surface area (Å²) >= 11 is 0. The van der Waals surface area contributed by atoms with E-state index in [2.05, 4.69) is 31.3 Å². The van der Waals surface area contributed by atoms with Crippen LogP contribution in [0.15, 0.2) is 12.2 Å². The van der Waals surface area contributed by atoms with E-state index in [9.17, 15) is 0 Å². The molecule has 1 fully saturated rings. The van der Waals surface area contributed by atoms with Gasteiger partial charge in [0.15, 0.2) is 0 Å². The van der Waals surface area contributed by atoms with Gasteiger partial charge in [-0.2, -0.15) is 0 Å². The third-order valence-corrected chi connectivity index (χ3v) is 1.67. The Balaban J connectivity index is 1.93. The number of nitrogens with one attached hydrogen (secondary N) is 1. The molecule has 58 valence electrons. The van der Waals surface area contributed by atoms with Crippen molar-refractivity contribution in [1.29, 1.82) is 0 Å². The van der Waals surface area contributed by atoms with Gasteiger partial charge in [0.1, 0.15) is 0 Å². The highest BCUT2D eigenvalue weighted by molar-refractivity contribution is 4.96. The third-order valence-electron chi connectivity index (χ3n) is 1.67. The summed E-state index contributed by atoms with van der Waals surface area (Å²) in [5.41, 5.74) is 0. The first-order valence-electron chi connectivity index (χ1n) is 4.19. The van der Waals surface area contributed by atoms with Gasteiger partial charge in [0.25, 0.3) is 0 Å². The summed E-state index contributed by atoms with van der Waals surface area (Å²) in [6.45, 7) is 5.38. The van der Waals surface area contributed by atoms with Crippen molar-refractivity contribution in [1.82, 2.24) is 5.32 Å². The molecule has 1 saturated carbocycles. The molecule has 10 heavy (non-hydrogen) atoms. The van der Waals surface area contributed by atoms with Crippen molar-refractivity contribution >= 4 is 0 Å². The molecule has 1 aliphatic carbocycles. The molecule has 1 rings (SSSR count). The number of allylic oxidation sites excluding steroid dienone is 1. The molecular formula is C9H17N. The molecule has 1 heteroatoms. The monoisotopic (exact) mass is 139 g/mol. The van der Waals surface area contributed by atoms with Crippen LogP contribution in [0.25, 0.3) is 0 Å². The summed E-state index contributed by atoms with van der Waals surface area (Å²) < 4.78 is 0. The molecule has 1 N–H and O–H groups in total. The molecule has 0 spiro atoms. The van der Waals surface area contributed by atoms with E-state index in [1.165, 1.54) is 12.8 Å². The number of hydrogen-bond acceptors (Lipinski definition) is 1. The first-order valence-corrected chi connectivity index (χ1v) is 4.19. The highest BCUT2D eigenvalue weighted by Gasteiger charge is 2.16. The van der Waals surface area contributed by atoms with Crippen LogP contribution in [0.4, 0.5) is 0 Å². The van der Waals surface area contributed by atoms with Crippen molar-refractivity contribution in [3.8, 4) is 0 Å². The maximum Gasteiger partial charge on any atom is 0.0137 e. The topological polar surface area (TPSA) is 12.0 Å². The maximum atomic E-state index is 3.34. The van der Waals surface area contributed by atoms with Gasteiger partial charge in [0.05, 0.1) is 0 Å². The van der Waals surface area contributed by atoms with E-state index in [-0.39, 0.29) is 0 Å². The van der Waals surface area contributed by atoms with E-state index < -0.39 is 0 Å². The fraction of sp³-hybridized carbons (Fsp3) is 0.778. The lowest BCUT2D eigenvalue weighted by Crippen LogP contribution is -2.22. The predicted octanol–water partition coefficient (Wildman–Crippen LogP) is 1.95. The van der Waals surface area contributed by atoms with Gasteiger partial charge >= 0.3 is 0 Å². The lowest BCUT2D eigenvalue weighted by molar-refractivity contribution is 0.632. The lowest BCUT2D eigenvalue weighted by Gasteiger charge is -2.02.